The molecule has 13 heteroatoms. The highest BCUT2D eigenvalue weighted by Gasteiger charge is 2.44. The molecular formula is C24H21F3N6O4. The molecule has 3 rings (SSSR count). The monoisotopic (exact) mass is 514 g/mol. The van der Waals surface area contributed by atoms with Gasteiger partial charge in [-0.2, -0.15) is 18.4 Å². The number of ether oxygens (including phenoxy) is 1. The van der Waals surface area contributed by atoms with Crippen LogP contribution in [0.4, 0.5) is 29.3 Å². The van der Waals surface area contributed by atoms with Gasteiger partial charge in [0.05, 0.1) is 29.9 Å². The third kappa shape index (κ3) is 5.08. The SMILES string of the molecule is COC(=O)C1=C(C)N(c2cccc(C(F)(F)F)c2)C(=N)N(C(N)=O)[C@@H]1c1ccc(C#N)cc1NC(C)=O. The number of alkyl halides is 3. The average Bonchev–Trinajstić information content (AvgIpc) is 2.82. The van der Waals surface area contributed by atoms with Crippen molar-refractivity contribution < 1.29 is 32.3 Å². The molecule has 2 aromatic carbocycles. The number of nitrogens with two attached hydrogens (primary N) is 1. The predicted octanol–water partition coefficient (Wildman–Crippen LogP) is 3.86. The highest BCUT2D eigenvalue weighted by Crippen LogP contribution is 2.43. The Morgan fingerprint density at radius 2 is 1.86 bits per heavy atom. The van der Waals surface area contributed by atoms with Crippen molar-refractivity contribution in [1.82, 2.24) is 4.90 Å². The number of rotatable bonds is 4. The number of carbonyl (C=O) groups is 3. The van der Waals surface area contributed by atoms with Gasteiger partial charge < -0.3 is 15.8 Å². The van der Waals surface area contributed by atoms with Crippen LogP contribution in [0.15, 0.2) is 53.7 Å². The summed E-state index contributed by atoms with van der Waals surface area (Å²) in [6, 6.07) is 7.31. The van der Waals surface area contributed by atoms with Crippen molar-refractivity contribution in [3.05, 3.63) is 70.4 Å². The van der Waals surface area contributed by atoms with Gasteiger partial charge in [-0.1, -0.05) is 12.1 Å². The number of halogens is 3. The molecular weight excluding hydrogens is 493 g/mol. The predicted molar refractivity (Wildman–Crippen MR) is 126 cm³/mol. The van der Waals surface area contributed by atoms with Crippen LogP contribution in [0.2, 0.25) is 0 Å². The minimum Gasteiger partial charge on any atom is -0.466 e. The Labute approximate surface area is 209 Å². The lowest BCUT2D eigenvalue weighted by molar-refractivity contribution is -0.138. The first kappa shape index (κ1) is 26.7. The number of urea groups is 1. The molecule has 0 radical (unpaired) electrons. The van der Waals surface area contributed by atoms with E-state index >= 15 is 0 Å². The number of carbonyl (C=O) groups excluding carboxylic acids is 3. The molecule has 3 amide bonds. The molecule has 0 saturated carbocycles. The van der Waals surface area contributed by atoms with Gasteiger partial charge >= 0.3 is 18.2 Å². The Bertz CT molecular complexity index is 1380. The summed E-state index contributed by atoms with van der Waals surface area (Å²) in [5.74, 6) is -2.14. The molecule has 0 aliphatic carbocycles. The van der Waals surface area contributed by atoms with E-state index in [-0.39, 0.29) is 33.8 Å². The van der Waals surface area contributed by atoms with E-state index in [1.807, 2.05) is 6.07 Å². The molecule has 1 atom stereocenters. The zero-order valence-corrected chi connectivity index (χ0v) is 19.8. The molecule has 1 heterocycles. The van der Waals surface area contributed by atoms with Crippen molar-refractivity contribution in [2.75, 3.05) is 17.3 Å². The first-order chi connectivity index (χ1) is 17.3. The Hall–Kier alpha value is -4.86. The van der Waals surface area contributed by atoms with E-state index in [0.29, 0.717) is 4.90 Å². The molecule has 0 aromatic heterocycles. The van der Waals surface area contributed by atoms with Crippen molar-refractivity contribution in [1.29, 1.82) is 10.7 Å². The third-order valence-electron chi connectivity index (χ3n) is 5.56. The van der Waals surface area contributed by atoms with Crippen molar-refractivity contribution in [3.8, 4) is 6.07 Å². The first-order valence-electron chi connectivity index (χ1n) is 10.6. The first-order valence-corrected chi connectivity index (χ1v) is 10.6. The van der Waals surface area contributed by atoms with E-state index < -0.39 is 41.6 Å². The Kier molecular flexibility index (Phi) is 7.24. The molecule has 0 spiro atoms. The maximum absolute atomic E-state index is 13.4. The summed E-state index contributed by atoms with van der Waals surface area (Å²) in [7, 11) is 1.07. The van der Waals surface area contributed by atoms with E-state index in [2.05, 4.69) is 5.32 Å². The van der Waals surface area contributed by atoms with Crippen LogP contribution in [-0.4, -0.2) is 35.9 Å². The number of allylic oxidation sites excluding steroid dienone is 1. The fraction of sp³-hybridized carbons (Fsp3) is 0.208. The number of amides is 3. The molecule has 192 valence electrons. The maximum atomic E-state index is 13.4. The number of hydrogen-bond acceptors (Lipinski definition) is 6. The van der Waals surface area contributed by atoms with Gasteiger partial charge in [-0.3, -0.25) is 20.0 Å². The number of nitriles is 1. The molecule has 4 N–H and O–H groups in total. The number of esters is 1. The van der Waals surface area contributed by atoms with Crippen LogP contribution >= 0.6 is 0 Å². The third-order valence-corrected chi connectivity index (χ3v) is 5.56. The number of primary amides is 1. The number of hydrogen-bond donors (Lipinski definition) is 3. The summed E-state index contributed by atoms with van der Waals surface area (Å²) in [5, 5.41) is 20.5. The van der Waals surface area contributed by atoms with Crippen molar-refractivity contribution in [2.24, 2.45) is 5.73 Å². The average molecular weight is 514 g/mol. The number of methoxy groups -OCH3 is 1. The molecule has 0 unspecified atom stereocenters. The molecule has 10 nitrogen and oxygen atoms in total. The fourth-order valence-corrected chi connectivity index (χ4v) is 4.03. The summed E-state index contributed by atoms with van der Waals surface area (Å²) in [4.78, 5) is 39.2. The van der Waals surface area contributed by atoms with E-state index in [4.69, 9.17) is 15.9 Å². The molecule has 1 aliphatic heterocycles. The van der Waals surface area contributed by atoms with Crippen LogP contribution in [0, 0.1) is 16.7 Å². The van der Waals surface area contributed by atoms with E-state index in [1.54, 1.807) is 0 Å². The lowest BCUT2D eigenvalue weighted by Gasteiger charge is -2.43. The minimum atomic E-state index is -4.70. The van der Waals surface area contributed by atoms with Crippen LogP contribution in [0.1, 0.15) is 36.6 Å². The van der Waals surface area contributed by atoms with Crippen LogP contribution in [0.3, 0.4) is 0 Å². The van der Waals surface area contributed by atoms with E-state index in [9.17, 15) is 32.8 Å². The van der Waals surface area contributed by atoms with Gasteiger partial charge in [0.1, 0.15) is 6.04 Å². The summed E-state index contributed by atoms with van der Waals surface area (Å²) in [6.45, 7) is 2.57. The Morgan fingerprint density at radius 1 is 1.19 bits per heavy atom. The van der Waals surface area contributed by atoms with E-state index in [0.717, 1.165) is 30.2 Å². The Balaban J connectivity index is 2.36. The van der Waals surface area contributed by atoms with Crippen LogP contribution in [-0.2, 0) is 20.5 Å². The van der Waals surface area contributed by atoms with Gasteiger partial charge in [0.2, 0.25) is 11.9 Å². The van der Waals surface area contributed by atoms with Crippen LogP contribution in [0.5, 0.6) is 0 Å². The maximum Gasteiger partial charge on any atom is 0.416 e. The molecule has 0 bridgehead atoms. The van der Waals surface area contributed by atoms with Gasteiger partial charge in [-0.05, 0) is 37.3 Å². The quantitative estimate of drug-likeness (QED) is 0.527. The summed E-state index contributed by atoms with van der Waals surface area (Å²) in [6.07, 6.45) is -4.70. The van der Waals surface area contributed by atoms with Crippen molar-refractivity contribution >= 4 is 35.2 Å². The zero-order valence-electron chi connectivity index (χ0n) is 19.8. The molecule has 0 fully saturated rings. The van der Waals surface area contributed by atoms with Crippen molar-refractivity contribution in [3.63, 3.8) is 0 Å². The van der Waals surface area contributed by atoms with Gasteiger partial charge in [-0.15, -0.1) is 0 Å². The van der Waals surface area contributed by atoms with Gasteiger partial charge in [0, 0.05) is 29.6 Å². The number of anilines is 2. The number of guanidine groups is 1. The highest BCUT2D eigenvalue weighted by molar-refractivity contribution is 6.10. The lowest BCUT2D eigenvalue weighted by Crippen LogP contribution is -2.55. The van der Waals surface area contributed by atoms with Gasteiger partial charge in [0.25, 0.3) is 0 Å². The molecule has 37 heavy (non-hydrogen) atoms. The summed E-state index contributed by atoms with van der Waals surface area (Å²) in [5.41, 5.74) is 4.50. The normalized spacial score (nSPS) is 15.8. The number of benzene rings is 2. The van der Waals surface area contributed by atoms with Gasteiger partial charge in [-0.25, -0.2) is 9.59 Å². The van der Waals surface area contributed by atoms with Crippen LogP contribution < -0.4 is 16.0 Å². The lowest BCUT2D eigenvalue weighted by atomic mass is 9.90. The Morgan fingerprint density at radius 3 is 2.41 bits per heavy atom. The molecule has 1 aliphatic rings. The number of nitrogens with one attached hydrogen (secondary N) is 2. The second kappa shape index (κ2) is 10.0. The van der Waals surface area contributed by atoms with E-state index in [1.165, 1.54) is 38.1 Å². The smallest absolute Gasteiger partial charge is 0.416 e. The standard InChI is InChI=1S/C24H21F3N6O4/c1-12-19(21(35)37-3)20(17-8-7-14(11-28)9-18(17)31-13(2)34)33(23(30)36)22(29)32(12)16-6-4-5-15(10-16)24(25,26)27/h4-10,20,29H,1-3H3,(H2,30,36)(H,31,34)/t20-/m1/s1. The second-order valence-electron chi connectivity index (χ2n) is 7.90. The highest BCUT2D eigenvalue weighted by atomic mass is 19.4. The van der Waals surface area contributed by atoms with Crippen molar-refractivity contribution in [2.45, 2.75) is 26.1 Å². The molecule has 0 saturated heterocycles. The summed E-state index contributed by atoms with van der Waals surface area (Å²) < 4.78 is 45.1. The van der Waals surface area contributed by atoms with Crippen LogP contribution in [0.25, 0.3) is 0 Å². The summed E-state index contributed by atoms with van der Waals surface area (Å²) >= 11 is 0. The fourth-order valence-electron chi connectivity index (χ4n) is 4.03. The minimum absolute atomic E-state index is 0.0168. The number of nitrogens with zero attached hydrogens (tertiary/aromatic N) is 3. The second-order valence-corrected chi connectivity index (χ2v) is 7.90. The topological polar surface area (TPSA) is 153 Å². The largest absolute Gasteiger partial charge is 0.466 e. The van der Waals surface area contributed by atoms with Gasteiger partial charge in [0.15, 0.2) is 0 Å². The zero-order chi connectivity index (χ0) is 27.7. The molecule has 2 aromatic rings.